The summed E-state index contributed by atoms with van der Waals surface area (Å²) < 4.78 is 0. The van der Waals surface area contributed by atoms with E-state index < -0.39 is 0 Å². The first kappa shape index (κ1) is 22.2. The molecule has 0 saturated carbocycles. The molecule has 0 aliphatic carbocycles. The van der Waals surface area contributed by atoms with Gasteiger partial charge in [-0.1, -0.05) is 26.0 Å². The Kier molecular flexibility index (Phi) is 10.5. The molecule has 1 saturated heterocycles. The summed E-state index contributed by atoms with van der Waals surface area (Å²) in [6.07, 6.45) is 1.17. The molecule has 1 amide bonds. The van der Waals surface area contributed by atoms with Gasteiger partial charge in [0.2, 0.25) is 5.91 Å². The third kappa shape index (κ3) is 7.08. The van der Waals surface area contributed by atoms with Crippen LogP contribution in [0.1, 0.15) is 38.8 Å². The minimum atomic E-state index is -0.0245. The molecule has 1 aromatic carbocycles. The highest BCUT2D eigenvalue weighted by Gasteiger charge is 2.22. The minimum Gasteiger partial charge on any atom is -0.326 e. The molecule has 132 valence electrons. The van der Waals surface area contributed by atoms with Crippen LogP contribution in [0, 0.1) is 5.92 Å². The van der Waals surface area contributed by atoms with E-state index in [1.54, 1.807) is 0 Å². The first-order valence-electron chi connectivity index (χ1n) is 7.88. The van der Waals surface area contributed by atoms with E-state index in [1.807, 2.05) is 12.1 Å². The SMILES string of the molecule is CC(=O)Nc1ccc([C@@H](CC(C)C)N2CCNCC2)cc1.Cl.Cl. The number of piperazine rings is 1. The van der Waals surface area contributed by atoms with E-state index in [2.05, 4.69) is 41.5 Å². The van der Waals surface area contributed by atoms with Crippen LogP contribution < -0.4 is 10.6 Å². The van der Waals surface area contributed by atoms with Gasteiger partial charge < -0.3 is 10.6 Å². The molecule has 1 aliphatic heterocycles. The average molecular weight is 362 g/mol. The molecule has 0 bridgehead atoms. The number of carbonyl (C=O) groups excluding carboxylic acids is 1. The van der Waals surface area contributed by atoms with Crippen LogP contribution in [-0.4, -0.2) is 37.0 Å². The predicted molar refractivity (Wildman–Crippen MR) is 102 cm³/mol. The first-order chi connectivity index (χ1) is 10.1. The second kappa shape index (κ2) is 10.9. The second-order valence-corrected chi connectivity index (χ2v) is 6.23. The van der Waals surface area contributed by atoms with Crippen LogP contribution in [0.3, 0.4) is 0 Å². The lowest BCUT2D eigenvalue weighted by Crippen LogP contribution is -2.45. The fourth-order valence-corrected chi connectivity index (χ4v) is 2.93. The largest absolute Gasteiger partial charge is 0.326 e. The molecule has 1 fully saturated rings. The fraction of sp³-hybridized carbons (Fsp3) is 0.588. The van der Waals surface area contributed by atoms with Crippen LogP contribution in [-0.2, 0) is 4.79 Å². The molecule has 0 radical (unpaired) electrons. The van der Waals surface area contributed by atoms with Crippen molar-refractivity contribution in [2.45, 2.75) is 33.2 Å². The summed E-state index contributed by atoms with van der Waals surface area (Å²) >= 11 is 0. The van der Waals surface area contributed by atoms with Crippen LogP contribution >= 0.6 is 24.8 Å². The molecule has 6 heteroatoms. The maximum absolute atomic E-state index is 11.1. The number of hydrogen-bond donors (Lipinski definition) is 2. The first-order valence-corrected chi connectivity index (χ1v) is 7.88. The van der Waals surface area contributed by atoms with E-state index in [9.17, 15) is 4.79 Å². The van der Waals surface area contributed by atoms with Gasteiger partial charge in [-0.3, -0.25) is 9.69 Å². The number of hydrogen-bond acceptors (Lipinski definition) is 3. The molecule has 23 heavy (non-hydrogen) atoms. The Morgan fingerprint density at radius 3 is 2.22 bits per heavy atom. The number of nitrogens with zero attached hydrogens (tertiary/aromatic N) is 1. The summed E-state index contributed by atoms with van der Waals surface area (Å²) in [6, 6.07) is 8.79. The summed E-state index contributed by atoms with van der Waals surface area (Å²) in [5.41, 5.74) is 2.22. The van der Waals surface area contributed by atoms with Crippen LogP contribution in [0.5, 0.6) is 0 Å². The summed E-state index contributed by atoms with van der Waals surface area (Å²) in [6.45, 7) is 10.4. The average Bonchev–Trinajstić information content (AvgIpc) is 2.46. The van der Waals surface area contributed by atoms with Crippen LogP contribution in [0.2, 0.25) is 0 Å². The van der Waals surface area contributed by atoms with Gasteiger partial charge in [-0.05, 0) is 30.0 Å². The van der Waals surface area contributed by atoms with Crippen molar-refractivity contribution >= 4 is 36.4 Å². The number of benzene rings is 1. The second-order valence-electron chi connectivity index (χ2n) is 6.23. The number of halogens is 2. The molecule has 0 unspecified atom stereocenters. The zero-order chi connectivity index (χ0) is 15.2. The van der Waals surface area contributed by atoms with Gasteiger partial charge in [-0.25, -0.2) is 0 Å². The van der Waals surface area contributed by atoms with Crippen LogP contribution in [0.15, 0.2) is 24.3 Å². The highest BCUT2D eigenvalue weighted by Crippen LogP contribution is 2.29. The summed E-state index contributed by atoms with van der Waals surface area (Å²) in [4.78, 5) is 13.7. The van der Waals surface area contributed by atoms with Gasteiger partial charge in [-0.15, -0.1) is 24.8 Å². The van der Waals surface area contributed by atoms with Gasteiger partial charge in [0, 0.05) is 44.8 Å². The van der Waals surface area contributed by atoms with Gasteiger partial charge in [0.15, 0.2) is 0 Å². The lowest BCUT2D eigenvalue weighted by molar-refractivity contribution is -0.114. The molecule has 2 N–H and O–H groups in total. The molecule has 0 aromatic heterocycles. The van der Waals surface area contributed by atoms with Crippen molar-refractivity contribution in [3.05, 3.63) is 29.8 Å². The number of nitrogens with one attached hydrogen (secondary N) is 2. The molecule has 1 aliphatic rings. The van der Waals surface area contributed by atoms with Gasteiger partial charge in [0.1, 0.15) is 0 Å². The molecule has 4 nitrogen and oxygen atoms in total. The Hall–Kier alpha value is -0.810. The molecule has 2 rings (SSSR count). The lowest BCUT2D eigenvalue weighted by Gasteiger charge is -2.36. The Morgan fingerprint density at radius 2 is 1.74 bits per heavy atom. The normalized spacial score (nSPS) is 16.2. The number of carbonyl (C=O) groups is 1. The Balaban J connectivity index is 0.00000242. The Labute approximate surface area is 152 Å². The minimum absolute atomic E-state index is 0. The number of amides is 1. The van der Waals surface area contributed by atoms with Crippen molar-refractivity contribution in [1.29, 1.82) is 0 Å². The molecule has 0 spiro atoms. The number of rotatable bonds is 5. The maximum atomic E-state index is 11.1. The van der Waals surface area contributed by atoms with E-state index >= 15 is 0 Å². The molecule has 1 atom stereocenters. The molecule has 1 aromatic rings. The van der Waals surface area contributed by atoms with E-state index in [0.29, 0.717) is 12.0 Å². The summed E-state index contributed by atoms with van der Waals surface area (Å²) in [5, 5.41) is 6.24. The van der Waals surface area contributed by atoms with E-state index in [0.717, 1.165) is 31.9 Å². The third-order valence-corrected chi connectivity index (χ3v) is 3.90. The summed E-state index contributed by atoms with van der Waals surface area (Å²) in [5.74, 6) is 0.642. The van der Waals surface area contributed by atoms with Gasteiger partial charge in [0.05, 0.1) is 0 Å². The van der Waals surface area contributed by atoms with Crippen molar-refractivity contribution in [3.63, 3.8) is 0 Å². The Morgan fingerprint density at radius 1 is 1.17 bits per heavy atom. The molecule has 1 heterocycles. The molecular weight excluding hydrogens is 333 g/mol. The monoisotopic (exact) mass is 361 g/mol. The molecular formula is C17H29Cl2N3O. The topological polar surface area (TPSA) is 44.4 Å². The lowest BCUT2D eigenvalue weighted by atomic mass is 9.95. The van der Waals surface area contributed by atoms with E-state index in [1.165, 1.54) is 18.9 Å². The predicted octanol–water partition coefficient (Wildman–Crippen LogP) is 3.48. The smallest absolute Gasteiger partial charge is 0.221 e. The fourth-order valence-electron chi connectivity index (χ4n) is 2.93. The van der Waals surface area contributed by atoms with Crippen molar-refractivity contribution in [2.24, 2.45) is 5.92 Å². The quantitative estimate of drug-likeness (QED) is 0.843. The third-order valence-electron chi connectivity index (χ3n) is 3.90. The van der Waals surface area contributed by atoms with Crippen LogP contribution in [0.25, 0.3) is 0 Å². The Bertz CT molecular complexity index is 459. The van der Waals surface area contributed by atoms with Crippen molar-refractivity contribution < 1.29 is 4.79 Å². The number of anilines is 1. The standard InChI is InChI=1S/C17H27N3O.2ClH/c1-13(2)12-17(20-10-8-18-9-11-20)15-4-6-16(7-5-15)19-14(3)21;;/h4-7,13,17-18H,8-12H2,1-3H3,(H,19,21);2*1H/t17-;;/m1../s1. The van der Waals surface area contributed by atoms with Gasteiger partial charge >= 0.3 is 0 Å². The van der Waals surface area contributed by atoms with Crippen molar-refractivity contribution in [1.82, 2.24) is 10.2 Å². The van der Waals surface area contributed by atoms with Crippen LogP contribution in [0.4, 0.5) is 5.69 Å². The highest BCUT2D eigenvalue weighted by atomic mass is 35.5. The van der Waals surface area contributed by atoms with Gasteiger partial charge in [0.25, 0.3) is 0 Å². The van der Waals surface area contributed by atoms with Crippen molar-refractivity contribution in [3.8, 4) is 0 Å². The maximum Gasteiger partial charge on any atom is 0.221 e. The highest BCUT2D eigenvalue weighted by molar-refractivity contribution is 5.88. The zero-order valence-corrected chi connectivity index (χ0v) is 15.8. The zero-order valence-electron chi connectivity index (χ0n) is 14.2. The summed E-state index contributed by atoms with van der Waals surface area (Å²) in [7, 11) is 0. The van der Waals surface area contributed by atoms with E-state index in [4.69, 9.17) is 0 Å². The van der Waals surface area contributed by atoms with Crippen molar-refractivity contribution in [2.75, 3.05) is 31.5 Å². The van der Waals surface area contributed by atoms with Gasteiger partial charge in [-0.2, -0.15) is 0 Å². The van der Waals surface area contributed by atoms with E-state index in [-0.39, 0.29) is 30.7 Å².